The molecule has 2 amide bonds. The van der Waals surface area contributed by atoms with Crippen LogP contribution in [-0.4, -0.2) is 36.9 Å². The van der Waals surface area contributed by atoms with Crippen molar-refractivity contribution in [3.05, 3.63) is 65.5 Å². The molecular weight excluding hydrogens is 331 g/mol. The number of carbonyl (C=O) groups excluding carboxylic acids is 2. The van der Waals surface area contributed by atoms with Crippen molar-refractivity contribution in [3.63, 3.8) is 0 Å². The van der Waals surface area contributed by atoms with Gasteiger partial charge in [-0.25, -0.2) is 4.39 Å². The number of likely N-dealkylation sites (tertiary alicyclic amines) is 1. The quantitative estimate of drug-likeness (QED) is 0.844. The summed E-state index contributed by atoms with van der Waals surface area (Å²) in [5.74, 6) is -0.724. The zero-order chi connectivity index (χ0) is 18.7. The average Bonchev–Trinajstić information content (AvgIpc) is 2.67. The topological polar surface area (TPSA) is 40.6 Å². The highest BCUT2D eigenvalue weighted by atomic mass is 19.1. The molecule has 1 heterocycles. The minimum atomic E-state index is -0.368. The molecular formula is C21H23FN2O2. The van der Waals surface area contributed by atoms with Gasteiger partial charge in [-0.3, -0.25) is 9.59 Å². The Bertz CT molecular complexity index is 787. The van der Waals surface area contributed by atoms with Gasteiger partial charge >= 0.3 is 0 Å². The SMILES string of the molecule is Cc1ccc(N(C)C(=O)C2CCCN(C(=O)c3ccc(F)cc3)C2)cc1. The van der Waals surface area contributed by atoms with Crippen LogP contribution in [0.4, 0.5) is 10.1 Å². The van der Waals surface area contributed by atoms with E-state index < -0.39 is 0 Å². The molecule has 0 N–H and O–H groups in total. The predicted molar refractivity (Wildman–Crippen MR) is 99.6 cm³/mol. The molecule has 0 saturated carbocycles. The number of carbonyl (C=O) groups is 2. The van der Waals surface area contributed by atoms with E-state index in [0.717, 1.165) is 24.1 Å². The number of amides is 2. The molecule has 0 radical (unpaired) electrons. The number of rotatable bonds is 3. The van der Waals surface area contributed by atoms with Crippen molar-refractivity contribution in [2.24, 2.45) is 5.92 Å². The first-order chi connectivity index (χ1) is 12.5. The fourth-order valence-electron chi connectivity index (χ4n) is 3.31. The summed E-state index contributed by atoms with van der Waals surface area (Å²) in [5.41, 5.74) is 2.44. The molecule has 1 unspecified atom stereocenters. The van der Waals surface area contributed by atoms with Gasteiger partial charge in [0.15, 0.2) is 0 Å². The van der Waals surface area contributed by atoms with Crippen LogP contribution in [0.5, 0.6) is 0 Å². The van der Waals surface area contributed by atoms with Crippen LogP contribution in [0.15, 0.2) is 48.5 Å². The highest BCUT2D eigenvalue weighted by Gasteiger charge is 2.31. The molecule has 1 atom stereocenters. The number of hydrogen-bond acceptors (Lipinski definition) is 2. The van der Waals surface area contributed by atoms with Gasteiger partial charge in [-0.05, 0) is 56.2 Å². The summed E-state index contributed by atoms with van der Waals surface area (Å²) in [4.78, 5) is 28.9. The summed E-state index contributed by atoms with van der Waals surface area (Å²) in [6.45, 7) is 3.02. The fraction of sp³-hybridized carbons (Fsp3) is 0.333. The first-order valence-electron chi connectivity index (χ1n) is 8.85. The van der Waals surface area contributed by atoms with Gasteiger partial charge in [-0.1, -0.05) is 17.7 Å². The van der Waals surface area contributed by atoms with Gasteiger partial charge in [0.05, 0.1) is 5.92 Å². The Labute approximate surface area is 153 Å². The van der Waals surface area contributed by atoms with E-state index in [4.69, 9.17) is 0 Å². The van der Waals surface area contributed by atoms with Crippen LogP contribution in [0.1, 0.15) is 28.8 Å². The van der Waals surface area contributed by atoms with Crippen molar-refractivity contribution in [1.82, 2.24) is 4.90 Å². The third-order valence-corrected chi connectivity index (χ3v) is 4.90. The van der Waals surface area contributed by atoms with Crippen LogP contribution in [0, 0.1) is 18.7 Å². The van der Waals surface area contributed by atoms with Crippen LogP contribution >= 0.6 is 0 Å². The summed E-state index contributed by atoms with van der Waals surface area (Å²) in [5, 5.41) is 0. The number of benzene rings is 2. The lowest BCUT2D eigenvalue weighted by molar-refractivity contribution is -0.123. The Morgan fingerprint density at radius 2 is 1.73 bits per heavy atom. The lowest BCUT2D eigenvalue weighted by Gasteiger charge is -2.34. The van der Waals surface area contributed by atoms with Crippen LogP contribution in [0.3, 0.4) is 0 Å². The van der Waals surface area contributed by atoms with Gasteiger partial charge < -0.3 is 9.80 Å². The Balaban J connectivity index is 1.69. The van der Waals surface area contributed by atoms with E-state index in [1.807, 2.05) is 31.2 Å². The van der Waals surface area contributed by atoms with Gasteiger partial charge in [0.25, 0.3) is 5.91 Å². The predicted octanol–water partition coefficient (Wildman–Crippen LogP) is 3.65. The maximum absolute atomic E-state index is 13.1. The van der Waals surface area contributed by atoms with Crippen molar-refractivity contribution in [1.29, 1.82) is 0 Å². The minimum Gasteiger partial charge on any atom is -0.338 e. The molecule has 0 spiro atoms. The third-order valence-electron chi connectivity index (χ3n) is 4.90. The van der Waals surface area contributed by atoms with Crippen LogP contribution in [-0.2, 0) is 4.79 Å². The summed E-state index contributed by atoms with van der Waals surface area (Å²) in [6.07, 6.45) is 1.55. The molecule has 0 bridgehead atoms. The summed E-state index contributed by atoms with van der Waals surface area (Å²) >= 11 is 0. The normalized spacial score (nSPS) is 17.0. The molecule has 4 nitrogen and oxygen atoms in total. The number of anilines is 1. The molecule has 1 saturated heterocycles. The maximum Gasteiger partial charge on any atom is 0.253 e. The number of piperidine rings is 1. The highest BCUT2D eigenvalue weighted by Crippen LogP contribution is 2.23. The standard InChI is InChI=1S/C21H23FN2O2/c1-15-5-11-19(12-6-15)23(2)20(25)17-4-3-13-24(14-17)21(26)16-7-9-18(22)10-8-16/h5-12,17H,3-4,13-14H2,1-2H3. The van der Waals surface area contributed by atoms with Crippen molar-refractivity contribution in [3.8, 4) is 0 Å². The Morgan fingerprint density at radius 1 is 1.08 bits per heavy atom. The van der Waals surface area contributed by atoms with E-state index in [1.165, 1.54) is 24.3 Å². The monoisotopic (exact) mass is 354 g/mol. The van der Waals surface area contributed by atoms with E-state index in [2.05, 4.69) is 0 Å². The molecule has 1 aliphatic heterocycles. The first kappa shape index (κ1) is 18.1. The maximum atomic E-state index is 13.1. The first-order valence-corrected chi connectivity index (χ1v) is 8.85. The second-order valence-electron chi connectivity index (χ2n) is 6.83. The number of nitrogens with zero attached hydrogens (tertiary/aromatic N) is 2. The van der Waals surface area contributed by atoms with Crippen molar-refractivity contribution >= 4 is 17.5 Å². The molecule has 1 aliphatic rings. The Morgan fingerprint density at radius 3 is 2.38 bits per heavy atom. The average molecular weight is 354 g/mol. The largest absolute Gasteiger partial charge is 0.338 e. The van der Waals surface area contributed by atoms with Gasteiger partial charge in [-0.2, -0.15) is 0 Å². The molecule has 5 heteroatoms. The zero-order valence-electron chi connectivity index (χ0n) is 15.1. The highest BCUT2D eigenvalue weighted by molar-refractivity contribution is 5.97. The molecule has 2 aromatic rings. The third kappa shape index (κ3) is 3.93. The van der Waals surface area contributed by atoms with Gasteiger partial charge in [0.2, 0.25) is 5.91 Å². The van der Waals surface area contributed by atoms with Crippen LogP contribution in [0.2, 0.25) is 0 Å². The number of hydrogen-bond donors (Lipinski definition) is 0. The molecule has 0 aliphatic carbocycles. The molecule has 3 rings (SSSR count). The lowest BCUT2D eigenvalue weighted by atomic mass is 9.95. The van der Waals surface area contributed by atoms with Crippen molar-refractivity contribution < 1.29 is 14.0 Å². The fourth-order valence-corrected chi connectivity index (χ4v) is 3.31. The second-order valence-corrected chi connectivity index (χ2v) is 6.83. The van der Waals surface area contributed by atoms with Gasteiger partial charge in [0.1, 0.15) is 5.82 Å². The molecule has 1 fully saturated rings. The molecule has 26 heavy (non-hydrogen) atoms. The minimum absolute atomic E-state index is 0.0189. The second kappa shape index (κ2) is 7.68. The smallest absolute Gasteiger partial charge is 0.253 e. The van der Waals surface area contributed by atoms with E-state index >= 15 is 0 Å². The summed E-state index contributed by atoms with van der Waals surface area (Å²) < 4.78 is 13.1. The van der Waals surface area contributed by atoms with Crippen LogP contribution < -0.4 is 4.90 Å². The van der Waals surface area contributed by atoms with Crippen molar-refractivity contribution in [2.45, 2.75) is 19.8 Å². The van der Waals surface area contributed by atoms with Gasteiger partial charge in [0, 0.05) is 31.4 Å². The molecule has 136 valence electrons. The van der Waals surface area contributed by atoms with Crippen LogP contribution in [0.25, 0.3) is 0 Å². The molecule has 2 aromatic carbocycles. The zero-order valence-corrected chi connectivity index (χ0v) is 15.1. The molecule has 0 aromatic heterocycles. The van der Waals surface area contributed by atoms with Gasteiger partial charge in [-0.15, -0.1) is 0 Å². The van der Waals surface area contributed by atoms with Crippen molar-refractivity contribution in [2.75, 3.05) is 25.0 Å². The Kier molecular flexibility index (Phi) is 5.35. The number of halogens is 1. The lowest BCUT2D eigenvalue weighted by Crippen LogP contribution is -2.46. The van der Waals surface area contributed by atoms with E-state index in [9.17, 15) is 14.0 Å². The summed E-state index contributed by atoms with van der Waals surface area (Å²) in [6, 6.07) is 13.3. The number of aryl methyl sites for hydroxylation is 1. The summed E-state index contributed by atoms with van der Waals surface area (Å²) in [7, 11) is 1.77. The van der Waals surface area contributed by atoms with E-state index in [1.54, 1.807) is 16.8 Å². The Hall–Kier alpha value is -2.69. The van der Waals surface area contributed by atoms with E-state index in [-0.39, 0.29) is 23.5 Å². The van der Waals surface area contributed by atoms with E-state index in [0.29, 0.717) is 18.7 Å².